The smallest absolute Gasteiger partial charge is 0.227 e. The largest absolute Gasteiger partial charge is 0.489 e. The van der Waals surface area contributed by atoms with Gasteiger partial charge in [0.25, 0.3) is 0 Å². The van der Waals surface area contributed by atoms with Gasteiger partial charge in [-0.2, -0.15) is 4.98 Å². The summed E-state index contributed by atoms with van der Waals surface area (Å²) in [5.74, 6) is 2.43. The van der Waals surface area contributed by atoms with Gasteiger partial charge in [-0.15, -0.1) is 0 Å². The predicted molar refractivity (Wildman–Crippen MR) is 129 cm³/mol. The molecule has 0 aliphatic carbocycles. The Morgan fingerprint density at radius 1 is 1.31 bits per heavy atom. The summed E-state index contributed by atoms with van der Waals surface area (Å²) >= 11 is 6.41. The van der Waals surface area contributed by atoms with Crippen LogP contribution in [0.3, 0.4) is 0 Å². The Hall–Kier alpha value is -2.58. The van der Waals surface area contributed by atoms with E-state index in [2.05, 4.69) is 27.1 Å². The first-order valence-corrected chi connectivity index (χ1v) is 11.2. The SMILES string of the molecule is COCCOc1cc(Nc2nc(N3CCC(C)CC3)ncc2Cl)cc(C)c1N(C)C(C)=O. The molecule has 8 nitrogen and oxygen atoms in total. The lowest BCUT2D eigenvalue weighted by Crippen LogP contribution is -2.34. The molecule has 1 aromatic carbocycles. The number of hydrogen-bond acceptors (Lipinski definition) is 7. The summed E-state index contributed by atoms with van der Waals surface area (Å²) in [6.07, 6.45) is 3.88. The number of piperidine rings is 1. The molecule has 0 spiro atoms. The van der Waals surface area contributed by atoms with Crippen LogP contribution in [0.5, 0.6) is 5.75 Å². The first-order chi connectivity index (χ1) is 15.3. The first kappa shape index (κ1) is 24.1. The van der Waals surface area contributed by atoms with Gasteiger partial charge in [0.1, 0.15) is 17.4 Å². The Morgan fingerprint density at radius 2 is 2.03 bits per heavy atom. The number of aromatic nitrogens is 2. The summed E-state index contributed by atoms with van der Waals surface area (Å²) in [5.41, 5.74) is 2.36. The van der Waals surface area contributed by atoms with Crippen molar-refractivity contribution in [2.75, 3.05) is 55.6 Å². The number of methoxy groups -OCH3 is 1. The van der Waals surface area contributed by atoms with Crippen molar-refractivity contribution >= 4 is 40.6 Å². The number of rotatable bonds is 8. The maximum Gasteiger partial charge on any atom is 0.227 e. The molecule has 32 heavy (non-hydrogen) atoms. The molecule has 1 N–H and O–H groups in total. The van der Waals surface area contributed by atoms with E-state index >= 15 is 0 Å². The number of benzene rings is 1. The summed E-state index contributed by atoms with van der Waals surface area (Å²) in [6.45, 7) is 8.41. The third-order valence-corrected chi connectivity index (χ3v) is 5.96. The van der Waals surface area contributed by atoms with Crippen LogP contribution in [0.4, 0.5) is 23.1 Å². The van der Waals surface area contributed by atoms with E-state index in [4.69, 9.17) is 21.1 Å². The fraction of sp³-hybridized carbons (Fsp3) is 0.522. The Balaban J connectivity index is 1.89. The van der Waals surface area contributed by atoms with Gasteiger partial charge in [-0.1, -0.05) is 18.5 Å². The van der Waals surface area contributed by atoms with Gasteiger partial charge >= 0.3 is 0 Å². The van der Waals surface area contributed by atoms with Crippen LogP contribution in [0.1, 0.15) is 32.3 Å². The number of anilines is 4. The van der Waals surface area contributed by atoms with Crippen molar-refractivity contribution in [2.45, 2.75) is 33.6 Å². The van der Waals surface area contributed by atoms with Crippen molar-refractivity contribution in [1.29, 1.82) is 0 Å². The molecule has 2 aromatic rings. The molecule has 0 unspecified atom stereocenters. The zero-order chi connectivity index (χ0) is 23.3. The molecule has 1 fully saturated rings. The molecule has 9 heteroatoms. The van der Waals surface area contributed by atoms with E-state index in [1.807, 2.05) is 19.1 Å². The molecule has 0 radical (unpaired) electrons. The van der Waals surface area contributed by atoms with Crippen LogP contribution >= 0.6 is 11.6 Å². The van der Waals surface area contributed by atoms with Crippen molar-refractivity contribution in [3.8, 4) is 5.75 Å². The molecule has 0 atom stereocenters. The highest BCUT2D eigenvalue weighted by Gasteiger charge is 2.20. The van der Waals surface area contributed by atoms with Gasteiger partial charge in [-0.05, 0) is 37.3 Å². The highest BCUT2D eigenvalue weighted by Crippen LogP contribution is 2.37. The van der Waals surface area contributed by atoms with Crippen molar-refractivity contribution in [1.82, 2.24) is 9.97 Å². The van der Waals surface area contributed by atoms with Gasteiger partial charge in [-0.3, -0.25) is 4.79 Å². The van der Waals surface area contributed by atoms with Crippen LogP contribution in [0.15, 0.2) is 18.3 Å². The third kappa shape index (κ3) is 5.81. The highest BCUT2D eigenvalue weighted by atomic mass is 35.5. The molecular formula is C23H32ClN5O3. The van der Waals surface area contributed by atoms with Gasteiger partial charge < -0.3 is 24.6 Å². The number of nitrogens with zero attached hydrogens (tertiary/aromatic N) is 4. The van der Waals surface area contributed by atoms with Gasteiger partial charge in [0, 0.05) is 45.9 Å². The third-order valence-electron chi connectivity index (χ3n) is 5.68. The topological polar surface area (TPSA) is 79.8 Å². The van der Waals surface area contributed by atoms with E-state index < -0.39 is 0 Å². The van der Waals surface area contributed by atoms with Crippen LogP contribution in [0.25, 0.3) is 0 Å². The van der Waals surface area contributed by atoms with Crippen LogP contribution in [-0.2, 0) is 9.53 Å². The van der Waals surface area contributed by atoms with Crippen molar-refractivity contribution in [2.24, 2.45) is 5.92 Å². The summed E-state index contributed by atoms with van der Waals surface area (Å²) < 4.78 is 11.0. The molecule has 2 heterocycles. The maximum absolute atomic E-state index is 12.0. The number of ether oxygens (including phenoxy) is 2. The fourth-order valence-corrected chi connectivity index (χ4v) is 3.83. The normalized spacial score (nSPS) is 14.4. The quantitative estimate of drug-likeness (QED) is 0.582. The number of aryl methyl sites for hydroxylation is 1. The Labute approximate surface area is 194 Å². The number of amides is 1. The number of nitrogens with one attached hydrogen (secondary N) is 1. The van der Waals surface area contributed by atoms with Gasteiger partial charge in [0.2, 0.25) is 11.9 Å². The first-order valence-electron chi connectivity index (χ1n) is 10.8. The lowest BCUT2D eigenvalue weighted by atomic mass is 10.00. The summed E-state index contributed by atoms with van der Waals surface area (Å²) in [7, 11) is 3.35. The van der Waals surface area contributed by atoms with Crippen molar-refractivity contribution in [3.05, 3.63) is 28.9 Å². The molecule has 3 rings (SSSR count). The number of carbonyl (C=O) groups excluding carboxylic acids is 1. The van der Waals surface area contributed by atoms with Crippen LogP contribution in [0.2, 0.25) is 5.02 Å². The van der Waals surface area contributed by atoms with Gasteiger partial charge in [0.05, 0.1) is 18.5 Å². The van der Waals surface area contributed by atoms with E-state index in [0.29, 0.717) is 35.8 Å². The second-order valence-electron chi connectivity index (χ2n) is 8.22. The number of hydrogen-bond donors (Lipinski definition) is 1. The fourth-order valence-electron chi connectivity index (χ4n) is 3.69. The average molecular weight is 462 g/mol. The molecule has 1 aromatic heterocycles. The molecule has 0 saturated carbocycles. The number of carbonyl (C=O) groups is 1. The average Bonchev–Trinajstić information content (AvgIpc) is 2.75. The van der Waals surface area contributed by atoms with Gasteiger partial charge in [-0.25, -0.2) is 4.98 Å². The molecule has 174 valence electrons. The van der Waals surface area contributed by atoms with Crippen LogP contribution < -0.4 is 19.9 Å². The summed E-state index contributed by atoms with van der Waals surface area (Å²) in [5, 5.41) is 3.74. The highest BCUT2D eigenvalue weighted by molar-refractivity contribution is 6.32. The Morgan fingerprint density at radius 3 is 2.69 bits per heavy atom. The number of halogens is 1. The standard InChI is InChI=1S/C23H32ClN5O3/c1-15-6-8-29(9-7-15)23-25-14-19(24)22(27-23)26-18-12-16(2)21(28(4)17(3)30)20(13-18)32-11-10-31-5/h12-15H,6-11H2,1-5H3,(H,25,26,27). The zero-order valence-corrected chi connectivity index (χ0v) is 20.2. The van der Waals surface area contributed by atoms with E-state index in [9.17, 15) is 4.79 Å². The minimum Gasteiger partial charge on any atom is -0.489 e. The summed E-state index contributed by atoms with van der Waals surface area (Å²) in [6, 6.07) is 3.79. The molecule has 1 amide bonds. The zero-order valence-electron chi connectivity index (χ0n) is 19.4. The second kappa shape index (κ2) is 10.8. The Bertz CT molecular complexity index is 947. The Kier molecular flexibility index (Phi) is 8.15. The van der Waals surface area contributed by atoms with E-state index in [1.54, 1.807) is 25.3 Å². The monoisotopic (exact) mass is 461 g/mol. The lowest BCUT2D eigenvalue weighted by Gasteiger charge is -2.30. The second-order valence-corrected chi connectivity index (χ2v) is 8.63. The van der Waals surface area contributed by atoms with Crippen LogP contribution in [-0.4, -0.2) is 56.3 Å². The van der Waals surface area contributed by atoms with E-state index in [0.717, 1.165) is 48.8 Å². The molecular weight excluding hydrogens is 430 g/mol. The molecule has 1 aliphatic heterocycles. The summed E-state index contributed by atoms with van der Waals surface area (Å²) in [4.78, 5) is 24.9. The van der Waals surface area contributed by atoms with E-state index in [-0.39, 0.29) is 5.91 Å². The minimum atomic E-state index is -0.0789. The molecule has 1 aliphatic rings. The predicted octanol–water partition coefficient (Wildman–Crippen LogP) is 4.43. The van der Waals surface area contributed by atoms with Crippen LogP contribution in [0, 0.1) is 12.8 Å². The molecule has 1 saturated heterocycles. The lowest BCUT2D eigenvalue weighted by molar-refractivity contribution is -0.116. The van der Waals surface area contributed by atoms with Crippen molar-refractivity contribution in [3.63, 3.8) is 0 Å². The van der Waals surface area contributed by atoms with E-state index in [1.165, 1.54) is 6.92 Å². The van der Waals surface area contributed by atoms with Gasteiger partial charge in [0.15, 0.2) is 5.82 Å². The van der Waals surface area contributed by atoms with Crippen molar-refractivity contribution < 1.29 is 14.3 Å². The molecule has 0 bridgehead atoms. The minimum absolute atomic E-state index is 0.0789. The maximum atomic E-state index is 12.0.